The molecule has 0 unspecified atom stereocenters. The van der Waals surface area contributed by atoms with Crippen molar-refractivity contribution in [3.63, 3.8) is 0 Å². The van der Waals surface area contributed by atoms with E-state index in [0.29, 0.717) is 16.2 Å². The fraction of sp³-hybridized carbons (Fsp3) is 0.0625. The number of hydrogen-bond acceptors (Lipinski definition) is 1. The van der Waals surface area contributed by atoms with Crippen molar-refractivity contribution in [2.75, 3.05) is 5.32 Å². The molecule has 5 heteroatoms. The van der Waals surface area contributed by atoms with Crippen molar-refractivity contribution in [1.82, 2.24) is 0 Å². The molecule has 0 saturated carbocycles. The van der Waals surface area contributed by atoms with Crippen LogP contribution in [0.3, 0.4) is 0 Å². The number of carbonyl (C=O) groups is 1. The molecule has 21 heavy (non-hydrogen) atoms. The number of benzene rings is 2. The van der Waals surface area contributed by atoms with Crippen LogP contribution in [0, 0.1) is 11.6 Å². The number of carbonyl (C=O) groups excluding carboxylic acids is 1. The molecule has 2 aromatic rings. The summed E-state index contributed by atoms with van der Waals surface area (Å²) >= 11 is 6.03. The summed E-state index contributed by atoms with van der Waals surface area (Å²) in [5.74, 6) is -2.66. The summed E-state index contributed by atoms with van der Waals surface area (Å²) in [4.78, 5) is 11.9. The van der Waals surface area contributed by atoms with Gasteiger partial charge in [-0.05, 0) is 36.3 Å². The molecule has 0 heterocycles. The summed E-state index contributed by atoms with van der Waals surface area (Å²) in [6.45, 7) is 1.71. The average molecular weight is 308 g/mol. The quantitative estimate of drug-likeness (QED) is 0.821. The van der Waals surface area contributed by atoms with Crippen LogP contribution in [-0.2, 0) is 4.79 Å². The molecule has 0 radical (unpaired) electrons. The van der Waals surface area contributed by atoms with Gasteiger partial charge < -0.3 is 5.32 Å². The van der Waals surface area contributed by atoms with Crippen LogP contribution in [0.1, 0.15) is 12.5 Å². The van der Waals surface area contributed by atoms with Crippen molar-refractivity contribution in [2.24, 2.45) is 0 Å². The smallest absolute Gasteiger partial charge is 0.248 e. The molecule has 2 nitrogen and oxygen atoms in total. The Morgan fingerprint density at radius 2 is 1.86 bits per heavy atom. The first-order valence-electron chi connectivity index (χ1n) is 6.17. The second-order valence-corrected chi connectivity index (χ2v) is 4.81. The number of halogens is 3. The minimum atomic E-state index is -1.09. The highest BCUT2D eigenvalue weighted by atomic mass is 35.5. The van der Waals surface area contributed by atoms with Crippen LogP contribution in [0.5, 0.6) is 0 Å². The van der Waals surface area contributed by atoms with E-state index in [-0.39, 0.29) is 5.69 Å². The van der Waals surface area contributed by atoms with Gasteiger partial charge >= 0.3 is 0 Å². The molecule has 0 atom stereocenters. The number of rotatable bonds is 3. The highest BCUT2D eigenvalue weighted by molar-refractivity contribution is 6.32. The lowest BCUT2D eigenvalue weighted by molar-refractivity contribution is -0.111. The topological polar surface area (TPSA) is 29.1 Å². The van der Waals surface area contributed by atoms with Crippen LogP contribution in [-0.4, -0.2) is 5.91 Å². The largest absolute Gasteiger partial charge is 0.320 e. The Balaban J connectivity index is 2.20. The van der Waals surface area contributed by atoms with E-state index in [1.807, 2.05) is 0 Å². The van der Waals surface area contributed by atoms with E-state index in [1.54, 1.807) is 31.2 Å². The van der Waals surface area contributed by atoms with Gasteiger partial charge in [0.25, 0.3) is 0 Å². The summed E-state index contributed by atoms with van der Waals surface area (Å²) < 4.78 is 26.5. The molecule has 0 bridgehead atoms. The van der Waals surface area contributed by atoms with Gasteiger partial charge in [0.1, 0.15) is 0 Å². The van der Waals surface area contributed by atoms with Crippen molar-refractivity contribution in [3.05, 3.63) is 70.8 Å². The molecule has 0 aliphatic heterocycles. The molecule has 2 aromatic carbocycles. The van der Waals surface area contributed by atoms with E-state index in [1.165, 1.54) is 18.2 Å². The molecule has 2 rings (SSSR count). The number of allylic oxidation sites excluding steroid dienone is 1. The van der Waals surface area contributed by atoms with Gasteiger partial charge in [0, 0.05) is 11.1 Å². The summed E-state index contributed by atoms with van der Waals surface area (Å²) in [5.41, 5.74) is 1.12. The summed E-state index contributed by atoms with van der Waals surface area (Å²) in [5, 5.41) is 2.81. The number of anilines is 1. The molecule has 1 amide bonds. The molecule has 0 aromatic heterocycles. The van der Waals surface area contributed by atoms with Crippen LogP contribution in [0.2, 0.25) is 5.02 Å². The van der Waals surface area contributed by atoms with Gasteiger partial charge in [-0.1, -0.05) is 35.9 Å². The van der Waals surface area contributed by atoms with Gasteiger partial charge in [0.2, 0.25) is 5.91 Å². The fourth-order valence-corrected chi connectivity index (χ4v) is 2.11. The first-order valence-corrected chi connectivity index (χ1v) is 6.55. The predicted molar refractivity (Wildman–Crippen MR) is 80.1 cm³/mol. The molecule has 0 spiro atoms. The zero-order chi connectivity index (χ0) is 15.4. The second kappa shape index (κ2) is 6.50. The highest BCUT2D eigenvalue weighted by Crippen LogP contribution is 2.23. The Labute approximate surface area is 126 Å². The Kier molecular flexibility index (Phi) is 4.70. The highest BCUT2D eigenvalue weighted by Gasteiger charge is 2.10. The third-order valence-electron chi connectivity index (χ3n) is 2.86. The monoisotopic (exact) mass is 307 g/mol. The number of nitrogens with one attached hydrogen (secondary N) is 1. The standard InChI is InChI=1S/C16H12ClF2NO/c1-10(11-5-2-3-6-12(11)17)9-15(21)20-14-8-4-7-13(18)16(14)19/h2-9H,1H3,(H,20,21)/b10-9-. The van der Waals surface area contributed by atoms with Gasteiger partial charge in [-0.3, -0.25) is 4.79 Å². The number of amides is 1. The van der Waals surface area contributed by atoms with Crippen molar-refractivity contribution in [3.8, 4) is 0 Å². The second-order valence-electron chi connectivity index (χ2n) is 4.40. The third kappa shape index (κ3) is 3.67. The van der Waals surface area contributed by atoms with E-state index < -0.39 is 17.5 Å². The molecule has 108 valence electrons. The average Bonchev–Trinajstić information content (AvgIpc) is 2.44. The lowest BCUT2D eigenvalue weighted by atomic mass is 10.1. The molecular weight excluding hydrogens is 296 g/mol. The lowest BCUT2D eigenvalue weighted by Crippen LogP contribution is -2.10. The SMILES string of the molecule is C/C(=C/C(=O)Nc1cccc(F)c1F)c1ccccc1Cl. The molecule has 1 N–H and O–H groups in total. The molecule has 0 saturated heterocycles. The summed E-state index contributed by atoms with van der Waals surface area (Å²) in [6.07, 6.45) is 1.28. The van der Waals surface area contributed by atoms with Crippen LogP contribution in [0.4, 0.5) is 14.5 Å². The Bertz CT molecular complexity index is 713. The van der Waals surface area contributed by atoms with Crippen LogP contribution < -0.4 is 5.32 Å². The van der Waals surface area contributed by atoms with E-state index >= 15 is 0 Å². The first kappa shape index (κ1) is 15.2. The number of hydrogen-bond donors (Lipinski definition) is 1. The molecular formula is C16H12ClF2NO. The Morgan fingerprint density at radius 3 is 2.57 bits per heavy atom. The van der Waals surface area contributed by atoms with Crippen LogP contribution >= 0.6 is 11.6 Å². The molecule has 0 aliphatic rings. The van der Waals surface area contributed by atoms with Crippen LogP contribution in [0.25, 0.3) is 5.57 Å². The van der Waals surface area contributed by atoms with E-state index in [0.717, 1.165) is 6.07 Å². The van der Waals surface area contributed by atoms with Crippen molar-refractivity contribution in [1.29, 1.82) is 0 Å². The molecule has 0 fully saturated rings. The van der Waals surface area contributed by atoms with Crippen molar-refractivity contribution in [2.45, 2.75) is 6.92 Å². The Morgan fingerprint density at radius 1 is 1.14 bits per heavy atom. The summed E-state index contributed by atoms with van der Waals surface area (Å²) in [7, 11) is 0. The van der Waals surface area contributed by atoms with Crippen molar-refractivity contribution < 1.29 is 13.6 Å². The van der Waals surface area contributed by atoms with Gasteiger partial charge in [0.15, 0.2) is 11.6 Å². The zero-order valence-electron chi connectivity index (χ0n) is 11.2. The Hall–Kier alpha value is -2.20. The van der Waals surface area contributed by atoms with Gasteiger partial charge in [0.05, 0.1) is 5.69 Å². The van der Waals surface area contributed by atoms with Crippen molar-refractivity contribution >= 4 is 28.8 Å². The maximum absolute atomic E-state index is 13.5. The first-order chi connectivity index (χ1) is 9.99. The maximum Gasteiger partial charge on any atom is 0.248 e. The van der Waals surface area contributed by atoms with E-state index in [4.69, 9.17) is 11.6 Å². The molecule has 0 aliphatic carbocycles. The van der Waals surface area contributed by atoms with Gasteiger partial charge in [-0.25, -0.2) is 8.78 Å². The van der Waals surface area contributed by atoms with E-state index in [2.05, 4.69) is 5.32 Å². The van der Waals surface area contributed by atoms with E-state index in [9.17, 15) is 13.6 Å². The fourth-order valence-electron chi connectivity index (χ4n) is 1.82. The van der Waals surface area contributed by atoms with Gasteiger partial charge in [-0.15, -0.1) is 0 Å². The lowest BCUT2D eigenvalue weighted by Gasteiger charge is -2.06. The van der Waals surface area contributed by atoms with Crippen LogP contribution in [0.15, 0.2) is 48.5 Å². The minimum Gasteiger partial charge on any atom is -0.320 e. The summed E-state index contributed by atoms with van der Waals surface area (Å²) in [6, 6.07) is 10.6. The predicted octanol–water partition coefficient (Wildman–Crippen LogP) is 4.66. The minimum absolute atomic E-state index is 0.205. The normalized spacial score (nSPS) is 11.3. The zero-order valence-corrected chi connectivity index (χ0v) is 11.9. The third-order valence-corrected chi connectivity index (χ3v) is 3.19. The maximum atomic E-state index is 13.5. The van der Waals surface area contributed by atoms with Gasteiger partial charge in [-0.2, -0.15) is 0 Å².